The summed E-state index contributed by atoms with van der Waals surface area (Å²) in [5, 5.41) is 20.2. The molecule has 100 valence electrons. The predicted molar refractivity (Wildman–Crippen MR) is 65.8 cm³/mol. The van der Waals surface area contributed by atoms with Gasteiger partial charge in [0.05, 0.1) is 18.1 Å². The standard InChI is InChI=1S/C14H20O4/c1-7-4-9(16)5-10-11(17)6-12(18)13(8(2)15)14(7,10)3/h5,7,11-13,17-18H,4,6H2,1-3H3/t7-,11-,12-,13-,14+/m0/s1. The van der Waals surface area contributed by atoms with Gasteiger partial charge in [-0.2, -0.15) is 0 Å². The summed E-state index contributed by atoms with van der Waals surface area (Å²) in [6.45, 7) is 5.26. The van der Waals surface area contributed by atoms with E-state index in [2.05, 4.69) is 0 Å². The van der Waals surface area contributed by atoms with Gasteiger partial charge in [0, 0.05) is 18.3 Å². The summed E-state index contributed by atoms with van der Waals surface area (Å²) in [6.07, 6.45) is 0.309. The number of fused-ring (bicyclic) bond motifs is 1. The summed E-state index contributed by atoms with van der Waals surface area (Å²) >= 11 is 0. The second-order valence-electron chi connectivity index (χ2n) is 5.86. The monoisotopic (exact) mass is 252 g/mol. The van der Waals surface area contributed by atoms with Gasteiger partial charge in [0.25, 0.3) is 0 Å². The van der Waals surface area contributed by atoms with Gasteiger partial charge < -0.3 is 10.2 Å². The molecule has 2 N–H and O–H groups in total. The van der Waals surface area contributed by atoms with Crippen LogP contribution in [0.2, 0.25) is 0 Å². The molecule has 0 amide bonds. The van der Waals surface area contributed by atoms with Crippen LogP contribution in [0.15, 0.2) is 11.6 Å². The van der Waals surface area contributed by atoms with Crippen LogP contribution in [0.5, 0.6) is 0 Å². The van der Waals surface area contributed by atoms with Gasteiger partial charge in [-0.25, -0.2) is 0 Å². The molecule has 0 aromatic rings. The van der Waals surface area contributed by atoms with Crippen molar-refractivity contribution in [3.05, 3.63) is 11.6 Å². The third-order valence-corrected chi connectivity index (χ3v) is 4.76. The number of rotatable bonds is 1. The van der Waals surface area contributed by atoms with Crippen molar-refractivity contribution in [3.8, 4) is 0 Å². The molecule has 0 spiro atoms. The number of carbonyl (C=O) groups is 2. The van der Waals surface area contributed by atoms with Crippen LogP contribution < -0.4 is 0 Å². The molecule has 4 heteroatoms. The fraction of sp³-hybridized carbons (Fsp3) is 0.714. The maximum Gasteiger partial charge on any atom is 0.156 e. The van der Waals surface area contributed by atoms with Crippen molar-refractivity contribution in [2.24, 2.45) is 17.3 Å². The van der Waals surface area contributed by atoms with Crippen LogP contribution in [0.4, 0.5) is 0 Å². The molecule has 0 aliphatic heterocycles. The molecule has 1 saturated carbocycles. The minimum Gasteiger partial charge on any atom is -0.392 e. The van der Waals surface area contributed by atoms with E-state index in [9.17, 15) is 19.8 Å². The highest BCUT2D eigenvalue weighted by Crippen LogP contribution is 2.53. The molecule has 0 heterocycles. The predicted octanol–water partition coefficient (Wildman–Crippen LogP) is 0.859. The Bertz CT molecular complexity index is 426. The normalized spacial score (nSPS) is 44.3. The Morgan fingerprint density at radius 1 is 1.44 bits per heavy atom. The average molecular weight is 252 g/mol. The molecule has 5 atom stereocenters. The summed E-state index contributed by atoms with van der Waals surface area (Å²) in [6, 6.07) is 0. The number of ketones is 2. The lowest BCUT2D eigenvalue weighted by atomic mass is 9.53. The van der Waals surface area contributed by atoms with Gasteiger partial charge >= 0.3 is 0 Å². The van der Waals surface area contributed by atoms with E-state index in [0.29, 0.717) is 12.0 Å². The van der Waals surface area contributed by atoms with E-state index in [4.69, 9.17) is 0 Å². The number of carbonyl (C=O) groups excluding carboxylic acids is 2. The fourth-order valence-electron chi connectivity index (χ4n) is 3.71. The molecule has 18 heavy (non-hydrogen) atoms. The average Bonchev–Trinajstić information content (AvgIpc) is 2.21. The Morgan fingerprint density at radius 3 is 2.61 bits per heavy atom. The first-order chi connectivity index (χ1) is 8.28. The van der Waals surface area contributed by atoms with Gasteiger partial charge in [0.2, 0.25) is 0 Å². The number of aliphatic hydroxyl groups excluding tert-OH is 2. The lowest BCUT2D eigenvalue weighted by Crippen LogP contribution is -2.55. The number of allylic oxidation sites excluding steroid dienone is 1. The van der Waals surface area contributed by atoms with E-state index in [0.717, 1.165) is 0 Å². The van der Waals surface area contributed by atoms with Crippen molar-refractivity contribution in [2.75, 3.05) is 0 Å². The van der Waals surface area contributed by atoms with Crippen molar-refractivity contribution in [1.82, 2.24) is 0 Å². The highest BCUT2D eigenvalue weighted by molar-refractivity contribution is 5.93. The highest BCUT2D eigenvalue weighted by atomic mass is 16.3. The van der Waals surface area contributed by atoms with Gasteiger partial charge in [-0.3, -0.25) is 9.59 Å². The van der Waals surface area contributed by atoms with Crippen molar-refractivity contribution in [1.29, 1.82) is 0 Å². The van der Waals surface area contributed by atoms with E-state index in [1.54, 1.807) is 0 Å². The van der Waals surface area contributed by atoms with Crippen LogP contribution in [0.1, 0.15) is 33.6 Å². The van der Waals surface area contributed by atoms with Crippen LogP contribution >= 0.6 is 0 Å². The molecule has 2 aliphatic carbocycles. The van der Waals surface area contributed by atoms with E-state index < -0.39 is 23.5 Å². The first-order valence-corrected chi connectivity index (χ1v) is 6.40. The number of aliphatic hydroxyl groups is 2. The van der Waals surface area contributed by atoms with Crippen LogP contribution in [0.3, 0.4) is 0 Å². The summed E-state index contributed by atoms with van der Waals surface area (Å²) in [5.74, 6) is -0.671. The topological polar surface area (TPSA) is 74.6 Å². The third-order valence-electron chi connectivity index (χ3n) is 4.76. The maximum atomic E-state index is 11.8. The molecule has 0 saturated heterocycles. The van der Waals surface area contributed by atoms with Gasteiger partial charge in [-0.05, 0) is 24.5 Å². The molecule has 1 fully saturated rings. The van der Waals surface area contributed by atoms with Crippen LogP contribution in [-0.2, 0) is 9.59 Å². The summed E-state index contributed by atoms with van der Waals surface area (Å²) in [5.41, 5.74) is 0.00773. The van der Waals surface area contributed by atoms with E-state index in [-0.39, 0.29) is 23.9 Å². The largest absolute Gasteiger partial charge is 0.392 e. The summed E-state index contributed by atoms with van der Waals surface area (Å²) < 4.78 is 0. The van der Waals surface area contributed by atoms with Crippen molar-refractivity contribution < 1.29 is 19.8 Å². The molecular weight excluding hydrogens is 232 g/mol. The lowest BCUT2D eigenvalue weighted by molar-refractivity contribution is -0.139. The van der Waals surface area contributed by atoms with E-state index >= 15 is 0 Å². The molecule has 0 bridgehead atoms. The molecular formula is C14H20O4. The molecule has 0 radical (unpaired) electrons. The molecule has 0 unspecified atom stereocenters. The van der Waals surface area contributed by atoms with Crippen LogP contribution in [0.25, 0.3) is 0 Å². The van der Waals surface area contributed by atoms with Crippen molar-refractivity contribution in [2.45, 2.75) is 45.8 Å². The third kappa shape index (κ3) is 1.75. The quantitative estimate of drug-likeness (QED) is 0.726. The van der Waals surface area contributed by atoms with Gasteiger partial charge in [-0.1, -0.05) is 13.8 Å². The van der Waals surface area contributed by atoms with E-state index in [1.807, 2.05) is 13.8 Å². The summed E-state index contributed by atoms with van der Waals surface area (Å²) in [7, 11) is 0. The minimum atomic E-state index is -0.838. The second-order valence-corrected chi connectivity index (χ2v) is 5.86. The SMILES string of the molecule is CC(=O)[C@H]1[C@@H](O)C[C@H](O)C2=CC(=O)C[C@H](C)[C@]21C. The first-order valence-electron chi connectivity index (χ1n) is 6.40. The lowest BCUT2D eigenvalue weighted by Gasteiger charge is -2.52. The second kappa shape index (κ2) is 4.28. The van der Waals surface area contributed by atoms with Gasteiger partial charge in [0.15, 0.2) is 5.78 Å². The highest BCUT2D eigenvalue weighted by Gasteiger charge is 2.54. The minimum absolute atomic E-state index is 0.00674. The zero-order chi connectivity index (χ0) is 13.7. The molecule has 4 nitrogen and oxygen atoms in total. The zero-order valence-electron chi connectivity index (χ0n) is 11.0. The Hall–Kier alpha value is -1.00. The van der Waals surface area contributed by atoms with Gasteiger partial charge in [0.1, 0.15) is 5.78 Å². The zero-order valence-corrected chi connectivity index (χ0v) is 11.0. The van der Waals surface area contributed by atoms with Crippen LogP contribution in [0, 0.1) is 17.3 Å². The van der Waals surface area contributed by atoms with Crippen LogP contribution in [-0.4, -0.2) is 34.0 Å². The maximum absolute atomic E-state index is 11.8. The Kier molecular flexibility index (Phi) is 3.19. The first kappa shape index (κ1) is 13.4. The number of Topliss-reactive ketones (excluding diaryl/α,β-unsaturated/α-hetero) is 1. The molecule has 2 rings (SSSR count). The number of hydrogen-bond acceptors (Lipinski definition) is 4. The fourth-order valence-corrected chi connectivity index (χ4v) is 3.71. The Balaban J connectivity index is 2.56. The number of hydrogen-bond donors (Lipinski definition) is 2. The Labute approximate surface area is 107 Å². The molecule has 2 aliphatic rings. The Morgan fingerprint density at radius 2 is 2.06 bits per heavy atom. The molecule has 0 aromatic heterocycles. The van der Waals surface area contributed by atoms with E-state index in [1.165, 1.54) is 13.0 Å². The molecule has 0 aromatic carbocycles. The summed E-state index contributed by atoms with van der Waals surface area (Å²) in [4.78, 5) is 23.5. The van der Waals surface area contributed by atoms with Crippen molar-refractivity contribution in [3.63, 3.8) is 0 Å². The van der Waals surface area contributed by atoms with Gasteiger partial charge in [-0.15, -0.1) is 0 Å². The smallest absolute Gasteiger partial charge is 0.156 e. The van der Waals surface area contributed by atoms with Crippen molar-refractivity contribution >= 4 is 11.6 Å².